The van der Waals surface area contributed by atoms with Gasteiger partial charge in [0.1, 0.15) is 5.75 Å². The Bertz CT molecular complexity index is 448. The molecule has 0 saturated heterocycles. The van der Waals surface area contributed by atoms with Gasteiger partial charge in [0.15, 0.2) is 0 Å². The summed E-state index contributed by atoms with van der Waals surface area (Å²) < 4.78 is 0. The first-order valence-corrected chi connectivity index (χ1v) is 5.43. The highest BCUT2D eigenvalue weighted by Crippen LogP contribution is 2.23. The zero-order chi connectivity index (χ0) is 13.4. The maximum atomic E-state index is 9.38. The Kier molecular flexibility index (Phi) is 5.76. The molecule has 3 N–H and O–H groups in total. The van der Waals surface area contributed by atoms with Crippen LogP contribution in [0.4, 0.5) is 0 Å². The predicted molar refractivity (Wildman–Crippen MR) is 66.7 cm³/mol. The van der Waals surface area contributed by atoms with E-state index in [4.69, 9.17) is 10.2 Å². The molecule has 2 heterocycles. The second-order valence-electron chi connectivity index (χ2n) is 3.54. The third-order valence-electron chi connectivity index (χ3n) is 2.33. The SMILES string of the molecule is Cc1ncc(CO)c(CO)c1O.c1ccncc1. The molecule has 0 bridgehead atoms. The largest absolute Gasteiger partial charge is 0.506 e. The van der Waals surface area contributed by atoms with Crippen molar-refractivity contribution < 1.29 is 15.3 Å². The van der Waals surface area contributed by atoms with Crippen LogP contribution < -0.4 is 0 Å². The van der Waals surface area contributed by atoms with Crippen LogP contribution in [0.5, 0.6) is 5.75 Å². The van der Waals surface area contributed by atoms with Crippen molar-refractivity contribution in [3.05, 3.63) is 53.6 Å². The average molecular weight is 248 g/mol. The van der Waals surface area contributed by atoms with Gasteiger partial charge in [-0.25, -0.2) is 0 Å². The molecule has 0 atom stereocenters. The average Bonchev–Trinajstić information content (AvgIpc) is 2.44. The molecule has 5 heteroatoms. The van der Waals surface area contributed by atoms with Crippen LogP contribution in [0.3, 0.4) is 0 Å². The fraction of sp³-hybridized carbons (Fsp3) is 0.231. The summed E-state index contributed by atoms with van der Waals surface area (Å²) >= 11 is 0. The highest BCUT2D eigenvalue weighted by molar-refractivity contribution is 5.39. The number of hydrogen-bond donors (Lipinski definition) is 3. The summed E-state index contributed by atoms with van der Waals surface area (Å²) in [6.07, 6.45) is 4.95. The molecule has 0 aromatic carbocycles. The van der Waals surface area contributed by atoms with Gasteiger partial charge in [-0.2, -0.15) is 0 Å². The van der Waals surface area contributed by atoms with Crippen molar-refractivity contribution in [3.8, 4) is 5.75 Å². The van der Waals surface area contributed by atoms with Crippen molar-refractivity contribution >= 4 is 0 Å². The molecule has 0 aliphatic rings. The van der Waals surface area contributed by atoms with E-state index in [-0.39, 0.29) is 19.0 Å². The second kappa shape index (κ2) is 7.37. The van der Waals surface area contributed by atoms with Gasteiger partial charge >= 0.3 is 0 Å². The zero-order valence-corrected chi connectivity index (χ0v) is 10.1. The van der Waals surface area contributed by atoms with E-state index >= 15 is 0 Å². The van der Waals surface area contributed by atoms with Crippen molar-refractivity contribution in [1.82, 2.24) is 9.97 Å². The highest BCUT2D eigenvalue weighted by atomic mass is 16.3. The Morgan fingerprint density at radius 2 is 1.72 bits per heavy atom. The number of aromatic nitrogens is 2. The molecule has 0 fully saturated rings. The Hall–Kier alpha value is -1.98. The van der Waals surface area contributed by atoms with Crippen molar-refractivity contribution in [2.24, 2.45) is 0 Å². The molecule has 0 aliphatic heterocycles. The van der Waals surface area contributed by atoms with Gasteiger partial charge < -0.3 is 15.3 Å². The van der Waals surface area contributed by atoms with Gasteiger partial charge in [-0.15, -0.1) is 0 Å². The summed E-state index contributed by atoms with van der Waals surface area (Å²) in [5, 5.41) is 27.0. The molecule has 0 radical (unpaired) electrons. The van der Waals surface area contributed by atoms with E-state index in [1.807, 2.05) is 18.2 Å². The van der Waals surface area contributed by atoms with E-state index in [1.54, 1.807) is 19.3 Å². The molecular formula is C13H16N2O3. The molecule has 5 nitrogen and oxygen atoms in total. The summed E-state index contributed by atoms with van der Waals surface area (Å²) in [6, 6.07) is 5.72. The van der Waals surface area contributed by atoms with E-state index in [0.717, 1.165) is 0 Å². The van der Waals surface area contributed by atoms with Crippen LogP contribution in [0, 0.1) is 6.92 Å². The number of aliphatic hydroxyl groups is 2. The number of aryl methyl sites for hydroxylation is 1. The number of hydrogen-bond acceptors (Lipinski definition) is 5. The van der Waals surface area contributed by atoms with E-state index in [9.17, 15) is 5.11 Å². The van der Waals surface area contributed by atoms with Crippen LogP contribution in [0.1, 0.15) is 16.8 Å². The summed E-state index contributed by atoms with van der Waals surface area (Å²) in [5.41, 5.74) is 1.27. The molecule has 96 valence electrons. The first kappa shape index (κ1) is 14.1. The third kappa shape index (κ3) is 3.80. The van der Waals surface area contributed by atoms with E-state index in [1.165, 1.54) is 6.20 Å². The van der Waals surface area contributed by atoms with Crippen LogP contribution in [-0.2, 0) is 13.2 Å². The minimum atomic E-state index is -0.287. The summed E-state index contributed by atoms with van der Waals surface area (Å²) in [6.45, 7) is 1.12. The van der Waals surface area contributed by atoms with Crippen molar-refractivity contribution in [3.63, 3.8) is 0 Å². The standard InChI is InChI=1S/C8H11NO3.C5H5N/c1-5-8(12)7(4-11)6(3-10)2-9-5;1-2-4-6-5-3-1/h2,10-12H,3-4H2,1H3;1-5H. The van der Waals surface area contributed by atoms with Crippen molar-refractivity contribution in [2.45, 2.75) is 20.1 Å². The molecule has 2 aromatic heterocycles. The van der Waals surface area contributed by atoms with Crippen molar-refractivity contribution in [1.29, 1.82) is 0 Å². The maximum absolute atomic E-state index is 9.38. The molecule has 0 amide bonds. The Labute approximate surface area is 105 Å². The third-order valence-corrected chi connectivity index (χ3v) is 2.33. The summed E-state index contributed by atoms with van der Waals surface area (Å²) in [4.78, 5) is 7.62. The predicted octanol–water partition coefficient (Wildman–Crippen LogP) is 1.16. The number of nitrogens with zero attached hydrogens (tertiary/aromatic N) is 2. The molecule has 18 heavy (non-hydrogen) atoms. The van der Waals surface area contributed by atoms with Gasteiger partial charge in [0.25, 0.3) is 0 Å². The first-order valence-electron chi connectivity index (χ1n) is 5.43. The van der Waals surface area contributed by atoms with Gasteiger partial charge in [0, 0.05) is 29.7 Å². The first-order chi connectivity index (χ1) is 8.70. The number of aromatic hydroxyl groups is 1. The molecule has 0 unspecified atom stereocenters. The fourth-order valence-corrected chi connectivity index (χ4v) is 1.31. The lowest BCUT2D eigenvalue weighted by Crippen LogP contribution is -1.98. The Morgan fingerprint density at radius 1 is 1.06 bits per heavy atom. The van der Waals surface area contributed by atoms with Crippen LogP contribution in [-0.4, -0.2) is 25.3 Å². The number of pyridine rings is 2. The number of aliphatic hydroxyl groups excluding tert-OH is 2. The molecule has 0 spiro atoms. The van der Waals surface area contributed by atoms with Crippen LogP contribution in [0.25, 0.3) is 0 Å². The Morgan fingerprint density at radius 3 is 2.11 bits per heavy atom. The Balaban J connectivity index is 0.000000225. The van der Waals surface area contributed by atoms with Gasteiger partial charge in [0.05, 0.1) is 18.9 Å². The van der Waals surface area contributed by atoms with Gasteiger partial charge in [0.2, 0.25) is 0 Å². The summed E-state index contributed by atoms with van der Waals surface area (Å²) in [7, 11) is 0. The van der Waals surface area contributed by atoms with E-state index in [2.05, 4.69) is 9.97 Å². The van der Waals surface area contributed by atoms with Crippen molar-refractivity contribution in [2.75, 3.05) is 0 Å². The van der Waals surface area contributed by atoms with Crippen LogP contribution >= 0.6 is 0 Å². The second-order valence-corrected chi connectivity index (χ2v) is 3.54. The highest BCUT2D eigenvalue weighted by Gasteiger charge is 2.09. The topological polar surface area (TPSA) is 86.5 Å². The van der Waals surface area contributed by atoms with Gasteiger partial charge in [-0.1, -0.05) is 6.07 Å². The van der Waals surface area contributed by atoms with E-state index in [0.29, 0.717) is 16.8 Å². The van der Waals surface area contributed by atoms with Gasteiger partial charge in [-0.3, -0.25) is 9.97 Å². The molecule has 2 rings (SSSR count). The van der Waals surface area contributed by atoms with E-state index < -0.39 is 0 Å². The molecule has 2 aromatic rings. The minimum absolute atomic E-state index is 0.0379. The maximum Gasteiger partial charge on any atom is 0.142 e. The smallest absolute Gasteiger partial charge is 0.142 e. The van der Waals surface area contributed by atoms with Crippen LogP contribution in [0.15, 0.2) is 36.8 Å². The number of rotatable bonds is 2. The molecule has 0 aliphatic carbocycles. The lowest BCUT2D eigenvalue weighted by molar-refractivity contribution is 0.254. The molecule has 0 saturated carbocycles. The lowest BCUT2D eigenvalue weighted by Gasteiger charge is -2.07. The zero-order valence-electron chi connectivity index (χ0n) is 10.1. The normalized spacial score (nSPS) is 9.50. The molecular weight excluding hydrogens is 232 g/mol. The fourth-order valence-electron chi connectivity index (χ4n) is 1.31. The monoisotopic (exact) mass is 248 g/mol. The minimum Gasteiger partial charge on any atom is -0.506 e. The van der Waals surface area contributed by atoms with Crippen LogP contribution in [0.2, 0.25) is 0 Å². The lowest BCUT2D eigenvalue weighted by atomic mass is 10.1. The quantitative estimate of drug-likeness (QED) is 0.742. The van der Waals surface area contributed by atoms with Gasteiger partial charge in [-0.05, 0) is 19.1 Å². The summed E-state index contributed by atoms with van der Waals surface area (Å²) in [5.74, 6) is -0.0379.